The monoisotopic (exact) mass is 269 g/mol. The smallest absolute Gasteiger partial charge is 0.142 e. The molecule has 0 aromatic rings. The van der Waals surface area contributed by atoms with Gasteiger partial charge in [-0.2, -0.15) is 0 Å². The molecule has 1 atom stereocenters. The lowest BCUT2D eigenvalue weighted by molar-refractivity contribution is 0.0325. The highest BCUT2D eigenvalue weighted by Crippen LogP contribution is 2.12. The van der Waals surface area contributed by atoms with Gasteiger partial charge in [0.05, 0.1) is 6.21 Å². The van der Waals surface area contributed by atoms with E-state index in [9.17, 15) is 0 Å². The van der Waals surface area contributed by atoms with Crippen molar-refractivity contribution in [1.29, 1.82) is 0 Å². The van der Waals surface area contributed by atoms with Gasteiger partial charge in [0.1, 0.15) is 12.9 Å². The minimum Gasteiger partial charge on any atom is -0.411 e. The first kappa shape index (κ1) is 15.8. The van der Waals surface area contributed by atoms with E-state index in [4.69, 9.17) is 9.94 Å². The highest BCUT2D eigenvalue weighted by atomic mass is 16.5. The van der Waals surface area contributed by atoms with E-state index in [2.05, 4.69) is 12.1 Å². The van der Waals surface area contributed by atoms with Gasteiger partial charge in [0, 0.05) is 26.1 Å². The maximum absolute atomic E-state index is 8.62. The fourth-order valence-corrected chi connectivity index (χ4v) is 2.13. The lowest BCUT2D eigenvalue weighted by Gasteiger charge is -2.26. The van der Waals surface area contributed by atoms with Gasteiger partial charge in [-0.3, -0.25) is 0 Å². The van der Waals surface area contributed by atoms with Crippen molar-refractivity contribution in [3.8, 4) is 0 Å². The summed E-state index contributed by atoms with van der Waals surface area (Å²) < 4.78 is 5.65. The third kappa shape index (κ3) is 5.96. The van der Waals surface area contributed by atoms with Crippen LogP contribution in [0.3, 0.4) is 0 Å². The molecule has 1 unspecified atom stereocenters. The number of nitrogens with zero attached hydrogens (tertiary/aromatic N) is 3. The van der Waals surface area contributed by atoms with E-state index in [1.54, 1.807) is 0 Å². The molecule has 1 rings (SSSR count). The fourth-order valence-electron chi connectivity index (χ4n) is 2.13. The molecule has 5 heteroatoms. The van der Waals surface area contributed by atoms with Crippen LogP contribution < -0.4 is 0 Å². The quantitative estimate of drug-likeness (QED) is 0.287. The summed E-state index contributed by atoms with van der Waals surface area (Å²) in [6.45, 7) is 3.56. The molecule has 110 valence electrons. The molecule has 19 heavy (non-hydrogen) atoms. The molecule has 0 aromatic carbocycles. The van der Waals surface area contributed by atoms with Gasteiger partial charge in [0.25, 0.3) is 0 Å². The molecule has 0 bridgehead atoms. The second-order valence-corrected chi connectivity index (χ2v) is 4.96. The van der Waals surface area contributed by atoms with Gasteiger partial charge in [-0.25, -0.2) is 0 Å². The maximum atomic E-state index is 8.62. The standard InChI is InChI=1S/C14H27N3O2/c1-3-4-5-6-7-8-11-19-13-17-10-9-16(2)14(17)12-15-18/h9-10,12,14,18H,3-8,11,13H2,1-2H3/b15-12-. The Morgan fingerprint density at radius 3 is 2.68 bits per heavy atom. The molecular weight excluding hydrogens is 242 g/mol. The predicted molar refractivity (Wildman–Crippen MR) is 77.0 cm³/mol. The van der Waals surface area contributed by atoms with Crippen molar-refractivity contribution in [2.24, 2.45) is 5.16 Å². The van der Waals surface area contributed by atoms with Crippen molar-refractivity contribution >= 4 is 6.21 Å². The summed E-state index contributed by atoms with van der Waals surface area (Å²) in [5, 5.41) is 11.7. The lowest BCUT2D eigenvalue weighted by atomic mass is 10.1. The second-order valence-electron chi connectivity index (χ2n) is 4.96. The molecular formula is C14H27N3O2. The first-order valence-electron chi connectivity index (χ1n) is 7.21. The molecule has 1 heterocycles. The molecule has 1 aliphatic rings. The van der Waals surface area contributed by atoms with Crippen LogP contribution >= 0.6 is 0 Å². The Labute approximate surface area is 116 Å². The minimum absolute atomic E-state index is 0.0467. The summed E-state index contributed by atoms with van der Waals surface area (Å²) in [4.78, 5) is 3.96. The zero-order valence-corrected chi connectivity index (χ0v) is 12.2. The molecule has 0 fully saturated rings. The first-order valence-corrected chi connectivity index (χ1v) is 7.21. The van der Waals surface area contributed by atoms with Crippen LogP contribution in [0.25, 0.3) is 0 Å². The molecule has 0 spiro atoms. The summed E-state index contributed by atoms with van der Waals surface area (Å²) in [6.07, 6.45) is 13.0. The van der Waals surface area contributed by atoms with Crippen molar-refractivity contribution in [3.05, 3.63) is 12.4 Å². The second kappa shape index (κ2) is 9.67. The Morgan fingerprint density at radius 2 is 1.95 bits per heavy atom. The predicted octanol–water partition coefficient (Wildman–Crippen LogP) is 2.83. The van der Waals surface area contributed by atoms with E-state index in [1.165, 1.54) is 38.3 Å². The number of rotatable bonds is 10. The molecule has 0 saturated carbocycles. The van der Waals surface area contributed by atoms with Crippen LogP contribution in [0.4, 0.5) is 0 Å². The highest BCUT2D eigenvalue weighted by molar-refractivity contribution is 5.64. The zero-order valence-electron chi connectivity index (χ0n) is 12.2. The van der Waals surface area contributed by atoms with Gasteiger partial charge in [-0.05, 0) is 6.42 Å². The molecule has 5 nitrogen and oxygen atoms in total. The Kier molecular flexibility index (Phi) is 8.05. The van der Waals surface area contributed by atoms with Crippen LogP contribution in [0.5, 0.6) is 0 Å². The molecule has 0 aliphatic carbocycles. The van der Waals surface area contributed by atoms with Crippen molar-refractivity contribution in [3.63, 3.8) is 0 Å². The highest BCUT2D eigenvalue weighted by Gasteiger charge is 2.21. The topological polar surface area (TPSA) is 48.3 Å². The molecule has 0 radical (unpaired) electrons. The average molecular weight is 269 g/mol. The van der Waals surface area contributed by atoms with Crippen molar-refractivity contribution in [1.82, 2.24) is 9.80 Å². The summed E-state index contributed by atoms with van der Waals surface area (Å²) in [7, 11) is 1.94. The van der Waals surface area contributed by atoms with E-state index in [0.29, 0.717) is 6.73 Å². The summed E-state index contributed by atoms with van der Waals surface area (Å²) >= 11 is 0. The third-order valence-corrected chi connectivity index (χ3v) is 3.33. The van der Waals surface area contributed by atoms with Crippen LogP contribution in [-0.2, 0) is 4.74 Å². The molecule has 0 amide bonds. The molecule has 0 aromatic heterocycles. The van der Waals surface area contributed by atoms with E-state index >= 15 is 0 Å². The molecule has 1 aliphatic heterocycles. The van der Waals surface area contributed by atoms with Crippen molar-refractivity contribution in [2.75, 3.05) is 20.4 Å². The Balaban J connectivity index is 2.04. The fraction of sp³-hybridized carbons (Fsp3) is 0.786. The Morgan fingerprint density at radius 1 is 1.21 bits per heavy atom. The van der Waals surface area contributed by atoms with Crippen molar-refractivity contribution in [2.45, 2.75) is 51.6 Å². The SMILES string of the molecule is CCCCCCCCOCN1C=CN(C)C1/C=N\O. The number of hydrogen-bond donors (Lipinski definition) is 1. The molecule has 1 N–H and O–H groups in total. The summed E-state index contributed by atoms with van der Waals surface area (Å²) in [5.41, 5.74) is 0. The van der Waals surface area contributed by atoms with Crippen LogP contribution in [0.2, 0.25) is 0 Å². The number of ether oxygens (including phenoxy) is 1. The Bertz CT molecular complexity index is 282. The van der Waals surface area contributed by atoms with Crippen LogP contribution in [0, 0.1) is 0 Å². The summed E-state index contributed by atoms with van der Waals surface area (Å²) in [6, 6.07) is 0. The van der Waals surface area contributed by atoms with Gasteiger partial charge in [-0.1, -0.05) is 44.2 Å². The maximum Gasteiger partial charge on any atom is 0.142 e. The van der Waals surface area contributed by atoms with Crippen LogP contribution in [0.15, 0.2) is 17.6 Å². The summed E-state index contributed by atoms with van der Waals surface area (Å²) in [5.74, 6) is 0. The lowest BCUT2D eigenvalue weighted by Crippen LogP contribution is -2.39. The van der Waals surface area contributed by atoms with Gasteiger partial charge >= 0.3 is 0 Å². The van der Waals surface area contributed by atoms with Crippen molar-refractivity contribution < 1.29 is 9.94 Å². The number of unbranched alkanes of at least 4 members (excludes halogenated alkanes) is 5. The van der Waals surface area contributed by atoms with Gasteiger partial charge in [0.15, 0.2) is 0 Å². The largest absolute Gasteiger partial charge is 0.411 e. The van der Waals surface area contributed by atoms with Crippen LogP contribution in [-0.4, -0.2) is 47.8 Å². The zero-order chi connectivity index (χ0) is 13.9. The first-order chi connectivity index (χ1) is 9.29. The third-order valence-electron chi connectivity index (χ3n) is 3.33. The Hall–Kier alpha value is -1.23. The van der Waals surface area contributed by atoms with Gasteiger partial charge < -0.3 is 19.7 Å². The number of hydrogen-bond acceptors (Lipinski definition) is 5. The molecule has 0 saturated heterocycles. The normalized spacial score (nSPS) is 18.9. The van der Waals surface area contributed by atoms with E-state index in [0.717, 1.165) is 13.0 Å². The van der Waals surface area contributed by atoms with E-state index < -0.39 is 0 Å². The van der Waals surface area contributed by atoms with E-state index in [-0.39, 0.29) is 6.17 Å². The van der Waals surface area contributed by atoms with Crippen LogP contribution in [0.1, 0.15) is 45.4 Å². The van der Waals surface area contributed by atoms with Gasteiger partial charge in [0.2, 0.25) is 0 Å². The minimum atomic E-state index is -0.0467. The van der Waals surface area contributed by atoms with E-state index in [1.807, 2.05) is 29.2 Å². The van der Waals surface area contributed by atoms with Gasteiger partial charge in [-0.15, -0.1) is 0 Å². The number of oxime groups is 1. The average Bonchev–Trinajstić information content (AvgIpc) is 2.75.